The van der Waals surface area contributed by atoms with Crippen LogP contribution >= 0.6 is 0 Å². The zero-order valence-corrected chi connectivity index (χ0v) is 6.73. The minimum Gasteiger partial charge on any atom is -0.394 e. The third kappa shape index (κ3) is 6.25. The molecule has 0 fully saturated rings. The van der Waals surface area contributed by atoms with Crippen LogP contribution in [0, 0.1) is 0 Å². The van der Waals surface area contributed by atoms with Crippen LogP contribution in [-0.2, 0) is 4.74 Å². The monoisotopic (exact) mass is 164 g/mol. The average Bonchev–Trinajstić information content (AvgIpc) is 2.01. The van der Waals surface area contributed by atoms with Gasteiger partial charge in [-0.1, -0.05) is 0 Å². The molecule has 0 amide bonds. The Balaban J connectivity index is 3.22. The van der Waals surface area contributed by atoms with Crippen molar-refractivity contribution in [2.75, 3.05) is 20.3 Å². The fraction of sp³-hybridized carbons (Fsp3) is 1.00. The van der Waals surface area contributed by atoms with E-state index in [2.05, 4.69) is 4.74 Å². The minimum absolute atomic E-state index is 0.250. The fourth-order valence-corrected chi connectivity index (χ4v) is 0.752. The predicted molar refractivity (Wildman–Crippen MR) is 40.2 cm³/mol. The summed E-state index contributed by atoms with van der Waals surface area (Å²) in [6, 6.07) is 0. The van der Waals surface area contributed by atoms with Crippen molar-refractivity contribution in [2.24, 2.45) is 0 Å². The van der Waals surface area contributed by atoms with Crippen LogP contribution in [0.4, 0.5) is 0 Å². The van der Waals surface area contributed by atoms with Crippen molar-refractivity contribution in [3.05, 3.63) is 0 Å². The maximum absolute atomic E-state index is 9.08. The van der Waals surface area contributed by atoms with Gasteiger partial charge in [0.15, 0.2) is 0 Å². The number of rotatable bonds is 6. The second-order valence-corrected chi connectivity index (χ2v) is 2.52. The standard InChI is InChI=1S/C7H16O4/c1-11-5-7(10)3-2-6(9)4-8/h6-10H,2-5H2,1H3/t6-,7+/m0/s1. The van der Waals surface area contributed by atoms with E-state index in [0.29, 0.717) is 12.8 Å². The summed E-state index contributed by atoms with van der Waals surface area (Å²) in [5, 5.41) is 26.4. The van der Waals surface area contributed by atoms with Crippen molar-refractivity contribution in [3.8, 4) is 0 Å². The van der Waals surface area contributed by atoms with E-state index in [1.807, 2.05) is 0 Å². The Hall–Kier alpha value is -0.160. The first-order valence-corrected chi connectivity index (χ1v) is 3.66. The summed E-state index contributed by atoms with van der Waals surface area (Å²) >= 11 is 0. The summed E-state index contributed by atoms with van der Waals surface area (Å²) < 4.78 is 4.68. The summed E-state index contributed by atoms with van der Waals surface area (Å²) in [7, 11) is 1.51. The number of aliphatic hydroxyl groups excluding tert-OH is 3. The van der Waals surface area contributed by atoms with Crippen LogP contribution in [0.3, 0.4) is 0 Å². The normalized spacial score (nSPS) is 16.4. The fourth-order valence-electron chi connectivity index (χ4n) is 0.752. The molecule has 4 nitrogen and oxygen atoms in total. The van der Waals surface area contributed by atoms with Crippen molar-refractivity contribution in [1.29, 1.82) is 0 Å². The number of hydrogen-bond acceptors (Lipinski definition) is 4. The van der Waals surface area contributed by atoms with Crippen LogP contribution in [0.2, 0.25) is 0 Å². The van der Waals surface area contributed by atoms with Crippen LogP contribution < -0.4 is 0 Å². The maximum Gasteiger partial charge on any atom is 0.0774 e. The molecule has 0 aromatic carbocycles. The first kappa shape index (κ1) is 10.8. The van der Waals surface area contributed by atoms with Crippen molar-refractivity contribution < 1.29 is 20.1 Å². The van der Waals surface area contributed by atoms with E-state index < -0.39 is 12.2 Å². The molecule has 0 saturated carbocycles. The Labute approximate surface area is 66.4 Å². The quantitative estimate of drug-likeness (QED) is 0.477. The van der Waals surface area contributed by atoms with E-state index >= 15 is 0 Å². The van der Waals surface area contributed by atoms with Gasteiger partial charge in [-0.2, -0.15) is 0 Å². The van der Waals surface area contributed by atoms with Gasteiger partial charge in [-0.05, 0) is 12.8 Å². The highest BCUT2D eigenvalue weighted by molar-refractivity contribution is 4.59. The van der Waals surface area contributed by atoms with E-state index in [1.54, 1.807) is 0 Å². The van der Waals surface area contributed by atoms with Crippen molar-refractivity contribution >= 4 is 0 Å². The van der Waals surface area contributed by atoms with Gasteiger partial charge in [0.2, 0.25) is 0 Å². The number of aliphatic hydroxyl groups is 3. The Morgan fingerprint density at radius 1 is 1.18 bits per heavy atom. The van der Waals surface area contributed by atoms with Gasteiger partial charge in [0.05, 0.1) is 25.4 Å². The lowest BCUT2D eigenvalue weighted by molar-refractivity contribution is 0.0347. The van der Waals surface area contributed by atoms with E-state index in [-0.39, 0.29) is 13.2 Å². The van der Waals surface area contributed by atoms with Crippen molar-refractivity contribution in [2.45, 2.75) is 25.0 Å². The van der Waals surface area contributed by atoms with Gasteiger partial charge in [0.1, 0.15) is 0 Å². The molecule has 0 aliphatic rings. The molecule has 3 N–H and O–H groups in total. The number of hydrogen-bond donors (Lipinski definition) is 3. The molecule has 4 heteroatoms. The van der Waals surface area contributed by atoms with E-state index in [1.165, 1.54) is 7.11 Å². The first-order chi connectivity index (χ1) is 5.20. The summed E-state index contributed by atoms with van der Waals surface area (Å²) in [6.45, 7) is 0.0256. The first-order valence-electron chi connectivity index (χ1n) is 3.66. The van der Waals surface area contributed by atoms with Crippen LogP contribution in [-0.4, -0.2) is 47.9 Å². The highest BCUT2D eigenvalue weighted by atomic mass is 16.5. The highest BCUT2D eigenvalue weighted by Gasteiger charge is 2.07. The Bertz CT molecular complexity index is 86.5. The Morgan fingerprint density at radius 2 is 1.73 bits per heavy atom. The number of methoxy groups -OCH3 is 1. The predicted octanol–water partition coefficient (Wildman–Crippen LogP) is -0.873. The van der Waals surface area contributed by atoms with Gasteiger partial charge < -0.3 is 20.1 Å². The largest absolute Gasteiger partial charge is 0.394 e. The lowest BCUT2D eigenvalue weighted by Crippen LogP contribution is -2.19. The highest BCUT2D eigenvalue weighted by Crippen LogP contribution is 2.01. The van der Waals surface area contributed by atoms with Crippen LogP contribution in [0.1, 0.15) is 12.8 Å². The number of ether oxygens (including phenoxy) is 1. The third-order valence-corrected chi connectivity index (χ3v) is 1.40. The molecule has 0 bridgehead atoms. The van der Waals surface area contributed by atoms with Crippen molar-refractivity contribution in [3.63, 3.8) is 0 Å². The summed E-state index contributed by atoms with van der Waals surface area (Å²) in [5.74, 6) is 0. The smallest absolute Gasteiger partial charge is 0.0774 e. The SMILES string of the molecule is COC[C@H](O)CC[C@H](O)CO. The third-order valence-electron chi connectivity index (χ3n) is 1.40. The Kier molecular flexibility index (Phi) is 6.45. The molecule has 0 aliphatic heterocycles. The van der Waals surface area contributed by atoms with Gasteiger partial charge in [-0.25, -0.2) is 0 Å². The molecule has 0 heterocycles. The zero-order valence-electron chi connectivity index (χ0n) is 6.73. The Morgan fingerprint density at radius 3 is 2.18 bits per heavy atom. The lowest BCUT2D eigenvalue weighted by atomic mass is 10.1. The molecule has 2 atom stereocenters. The van der Waals surface area contributed by atoms with Crippen LogP contribution in [0.5, 0.6) is 0 Å². The van der Waals surface area contributed by atoms with Gasteiger partial charge >= 0.3 is 0 Å². The molecule has 11 heavy (non-hydrogen) atoms. The topological polar surface area (TPSA) is 69.9 Å². The lowest BCUT2D eigenvalue weighted by Gasteiger charge is -2.11. The van der Waals surface area contributed by atoms with Crippen LogP contribution in [0.15, 0.2) is 0 Å². The van der Waals surface area contributed by atoms with E-state index in [9.17, 15) is 0 Å². The van der Waals surface area contributed by atoms with Gasteiger partial charge in [0, 0.05) is 7.11 Å². The molecule has 0 aromatic rings. The summed E-state index contributed by atoms with van der Waals surface area (Å²) in [6.07, 6.45) is -0.404. The molecule has 0 spiro atoms. The average molecular weight is 164 g/mol. The molecule has 0 aromatic heterocycles. The molecule has 0 saturated heterocycles. The zero-order chi connectivity index (χ0) is 8.69. The van der Waals surface area contributed by atoms with E-state index in [4.69, 9.17) is 15.3 Å². The molecular formula is C7H16O4. The second kappa shape index (κ2) is 6.54. The molecule has 68 valence electrons. The van der Waals surface area contributed by atoms with Gasteiger partial charge in [-0.3, -0.25) is 0 Å². The molecule has 0 aliphatic carbocycles. The molecular weight excluding hydrogens is 148 g/mol. The molecule has 0 unspecified atom stereocenters. The van der Waals surface area contributed by atoms with Gasteiger partial charge in [-0.15, -0.1) is 0 Å². The molecule has 0 radical (unpaired) electrons. The summed E-state index contributed by atoms with van der Waals surface area (Å²) in [4.78, 5) is 0. The second-order valence-electron chi connectivity index (χ2n) is 2.52. The van der Waals surface area contributed by atoms with Crippen molar-refractivity contribution in [1.82, 2.24) is 0 Å². The maximum atomic E-state index is 9.08. The van der Waals surface area contributed by atoms with E-state index in [0.717, 1.165) is 0 Å². The molecule has 0 rings (SSSR count). The van der Waals surface area contributed by atoms with Gasteiger partial charge in [0.25, 0.3) is 0 Å². The van der Waals surface area contributed by atoms with Crippen LogP contribution in [0.25, 0.3) is 0 Å². The minimum atomic E-state index is -0.721. The summed E-state index contributed by atoms with van der Waals surface area (Å²) in [5.41, 5.74) is 0.